The highest BCUT2D eigenvalue weighted by atomic mass is 19.1. The van der Waals surface area contributed by atoms with Gasteiger partial charge in [-0.15, -0.1) is 6.58 Å². The number of halogens is 1. The quantitative estimate of drug-likeness (QED) is 0.368. The Hall–Kier alpha value is -1.57. The van der Waals surface area contributed by atoms with Gasteiger partial charge in [0.15, 0.2) is 0 Å². The average molecular weight is 439 g/mol. The summed E-state index contributed by atoms with van der Waals surface area (Å²) in [4.78, 5) is 0. The largest absolute Gasteiger partial charge is 0.489 e. The van der Waals surface area contributed by atoms with Crippen LogP contribution < -0.4 is 4.74 Å². The SMILES string of the molecule is C=CCCC1CCC(C2CCC3CC(c4ccc(OC/C=C/C)cc4F)CCC3C2)CC1. The van der Waals surface area contributed by atoms with E-state index in [4.69, 9.17) is 4.74 Å². The van der Waals surface area contributed by atoms with Gasteiger partial charge in [-0.2, -0.15) is 0 Å². The lowest BCUT2D eigenvalue weighted by Gasteiger charge is -2.45. The van der Waals surface area contributed by atoms with E-state index in [1.165, 1.54) is 70.6 Å². The van der Waals surface area contributed by atoms with Crippen LogP contribution in [-0.4, -0.2) is 6.61 Å². The minimum Gasteiger partial charge on any atom is -0.489 e. The highest BCUT2D eigenvalue weighted by Gasteiger charge is 2.39. The molecule has 3 aliphatic carbocycles. The fraction of sp³-hybridized carbons (Fsp3) is 0.667. The summed E-state index contributed by atoms with van der Waals surface area (Å²) in [6.07, 6.45) is 22.2. The van der Waals surface area contributed by atoms with Gasteiger partial charge in [0.1, 0.15) is 18.2 Å². The van der Waals surface area contributed by atoms with Gasteiger partial charge in [0.25, 0.3) is 0 Å². The van der Waals surface area contributed by atoms with Crippen LogP contribution in [0.4, 0.5) is 4.39 Å². The number of hydrogen-bond donors (Lipinski definition) is 0. The second-order valence-corrected chi connectivity index (χ2v) is 10.8. The molecule has 0 aliphatic heterocycles. The molecule has 4 rings (SSSR count). The third-order valence-electron chi connectivity index (χ3n) is 8.98. The molecule has 0 amide bonds. The minimum absolute atomic E-state index is 0.0756. The van der Waals surface area contributed by atoms with Gasteiger partial charge in [-0.25, -0.2) is 4.39 Å². The first kappa shape index (κ1) is 23.6. The molecule has 3 aliphatic rings. The Labute approximate surface area is 195 Å². The highest BCUT2D eigenvalue weighted by Crippen LogP contribution is 2.51. The van der Waals surface area contributed by atoms with Crippen molar-refractivity contribution in [3.63, 3.8) is 0 Å². The lowest BCUT2D eigenvalue weighted by atomic mass is 9.60. The third kappa shape index (κ3) is 5.86. The van der Waals surface area contributed by atoms with Gasteiger partial charge in [-0.05, 0) is 118 Å². The summed E-state index contributed by atoms with van der Waals surface area (Å²) in [5, 5.41) is 0. The average Bonchev–Trinajstić information content (AvgIpc) is 2.83. The zero-order chi connectivity index (χ0) is 22.3. The molecule has 1 aromatic carbocycles. The van der Waals surface area contributed by atoms with Gasteiger partial charge in [0.05, 0.1) is 0 Å². The van der Waals surface area contributed by atoms with Gasteiger partial charge < -0.3 is 4.74 Å². The molecule has 176 valence electrons. The smallest absolute Gasteiger partial charge is 0.130 e. The number of ether oxygens (including phenoxy) is 1. The molecule has 1 nitrogen and oxygen atoms in total. The van der Waals surface area contributed by atoms with Gasteiger partial charge in [0, 0.05) is 6.07 Å². The zero-order valence-corrected chi connectivity index (χ0v) is 20.1. The van der Waals surface area contributed by atoms with Crippen molar-refractivity contribution in [3.05, 3.63) is 54.4 Å². The molecular weight excluding hydrogens is 395 g/mol. The van der Waals surface area contributed by atoms with Crippen molar-refractivity contribution >= 4 is 0 Å². The molecule has 2 heteroatoms. The van der Waals surface area contributed by atoms with Crippen LogP contribution in [0.2, 0.25) is 0 Å². The van der Waals surface area contributed by atoms with Crippen LogP contribution in [0.1, 0.15) is 95.5 Å². The Balaban J connectivity index is 1.27. The summed E-state index contributed by atoms with van der Waals surface area (Å²) in [6, 6.07) is 5.53. The maximum absolute atomic E-state index is 14.9. The highest BCUT2D eigenvalue weighted by molar-refractivity contribution is 5.31. The van der Waals surface area contributed by atoms with Gasteiger partial charge >= 0.3 is 0 Å². The second-order valence-electron chi connectivity index (χ2n) is 10.8. The summed E-state index contributed by atoms with van der Waals surface area (Å²) in [5.41, 5.74) is 0.918. The fourth-order valence-electron chi connectivity index (χ4n) is 7.11. The maximum Gasteiger partial charge on any atom is 0.130 e. The second kappa shape index (κ2) is 11.5. The monoisotopic (exact) mass is 438 g/mol. The van der Waals surface area contributed by atoms with E-state index in [9.17, 15) is 4.39 Å². The van der Waals surface area contributed by atoms with Crippen molar-refractivity contribution < 1.29 is 9.13 Å². The summed E-state index contributed by atoms with van der Waals surface area (Å²) in [6.45, 7) is 6.36. The van der Waals surface area contributed by atoms with Crippen molar-refractivity contribution in [3.8, 4) is 5.75 Å². The van der Waals surface area contributed by atoms with E-state index in [1.807, 2.05) is 31.2 Å². The van der Waals surface area contributed by atoms with Gasteiger partial charge in [0.2, 0.25) is 0 Å². The van der Waals surface area contributed by atoms with Gasteiger partial charge in [-0.3, -0.25) is 0 Å². The Morgan fingerprint density at radius 2 is 1.62 bits per heavy atom. The molecule has 0 saturated heterocycles. The molecule has 4 unspecified atom stereocenters. The molecule has 0 N–H and O–H groups in total. The van der Waals surface area contributed by atoms with Crippen LogP contribution in [0.25, 0.3) is 0 Å². The van der Waals surface area contributed by atoms with Gasteiger partial charge in [-0.1, -0.05) is 37.1 Å². The lowest BCUT2D eigenvalue weighted by Crippen LogP contribution is -2.34. The number of rotatable bonds is 8. The molecule has 4 atom stereocenters. The van der Waals surface area contributed by atoms with Crippen LogP contribution >= 0.6 is 0 Å². The predicted molar refractivity (Wildman–Crippen MR) is 133 cm³/mol. The normalized spacial score (nSPS) is 33.1. The van der Waals surface area contributed by atoms with Crippen LogP contribution in [-0.2, 0) is 0 Å². The molecule has 0 radical (unpaired) electrons. The van der Waals surface area contributed by atoms with Crippen molar-refractivity contribution in [1.29, 1.82) is 0 Å². The number of benzene rings is 1. The van der Waals surface area contributed by atoms with E-state index < -0.39 is 0 Å². The lowest BCUT2D eigenvalue weighted by molar-refractivity contribution is 0.0709. The molecule has 32 heavy (non-hydrogen) atoms. The summed E-state index contributed by atoms with van der Waals surface area (Å²) < 4.78 is 20.5. The first-order chi connectivity index (χ1) is 15.7. The zero-order valence-electron chi connectivity index (χ0n) is 20.1. The Morgan fingerprint density at radius 3 is 2.34 bits per heavy atom. The third-order valence-corrected chi connectivity index (χ3v) is 8.98. The molecule has 0 heterocycles. The molecule has 0 aromatic heterocycles. The molecule has 3 fully saturated rings. The fourth-order valence-corrected chi connectivity index (χ4v) is 7.11. The van der Waals surface area contributed by atoms with Crippen LogP contribution in [0.3, 0.4) is 0 Å². The first-order valence-electron chi connectivity index (χ1n) is 13.3. The number of allylic oxidation sites excluding steroid dienone is 2. The van der Waals surface area contributed by atoms with Crippen LogP contribution in [0.5, 0.6) is 5.75 Å². The maximum atomic E-state index is 14.9. The standard InChI is InChI=1S/C30H43FO/c1-3-5-7-22-8-10-23(11-9-22)24-12-13-26-20-27(15-14-25(26)19-24)29-17-16-28(21-30(29)31)32-18-6-4-2/h3-4,6,16-17,21-27H,1,5,7-15,18-20H2,2H3/b6-4+. The Kier molecular flexibility index (Phi) is 8.49. The number of hydrogen-bond acceptors (Lipinski definition) is 1. The van der Waals surface area contributed by atoms with E-state index in [1.54, 1.807) is 6.07 Å². The van der Waals surface area contributed by atoms with Crippen molar-refractivity contribution in [2.45, 2.75) is 89.9 Å². The van der Waals surface area contributed by atoms with Crippen molar-refractivity contribution in [1.82, 2.24) is 0 Å². The first-order valence-corrected chi connectivity index (χ1v) is 13.3. The molecular formula is C30H43FO. The molecule has 1 aromatic rings. The topological polar surface area (TPSA) is 9.23 Å². The van der Waals surface area contributed by atoms with E-state index in [0.717, 1.165) is 41.6 Å². The molecule has 0 spiro atoms. The molecule has 0 bridgehead atoms. The summed E-state index contributed by atoms with van der Waals surface area (Å²) >= 11 is 0. The minimum atomic E-state index is -0.0756. The Bertz CT molecular complexity index is 760. The molecule has 3 saturated carbocycles. The van der Waals surface area contributed by atoms with E-state index >= 15 is 0 Å². The number of fused-ring (bicyclic) bond motifs is 1. The van der Waals surface area contributed by atoms with Crippen molar-refractivity contribution in [2.75, 3.05) is 6.61 Å². The van der Waals surface area contributed by atoms with E-state index in [-0.39, 0.29) is 5.82 Å². The van der Waals surface area contributed by atoms with E-state index in [0.29, 0.717) is 18.3 Å². The Morgan fingerprint density at radius 1 is 0.938 bits per heavy atom. The summed E-state index contributed by atoms with van der Waals surface area (Å²) in [7, 11) is 0. The summed E-state index contributed by atoms with van der Waals surface area (Å²) in [5.74, 6) is 5.52. The predicted octanol–water partition coefficient (Wildman–Crippen LogP) is 8.85. The van der Waals surface area contributed by atoms with Crippen molar-refractivity contribution in [2.24, 2.45) is 29.6 Å². The van der Waals surface area contributed by atoms with Crippen LogP contribution in [0, 0.1) is 35.4 Å². The van der Waals surface area contributed by atoms with E-state index in [2.05, 4.69) is 12.7 Å². The van der Waals surface area contributed by atoms with Crippen LogP contribution in [0.15, 0.2) is 43.0 Å².